The third-order valence-electron chi connectivity index (χ3n) is 4.02. The van der Waals surface area contributed by atoms with Crippen LogP contribution in [0.2, 0.25) is 0 Å². The highest BCUT2D eigenvalue weighted by atomic mass is 19.1. The second-order valence-corrected chi connectivity index (χ2v) is 5.37. The Morgan fingerprint density at radius 1 is 1.38 bits per heavy atom. The Labute approximate surface area is 96.1 Å². The minimum absolute atomic E-state index is 0.00470. The molecule has 0 spiro atoms. The Hall–Kier alpha value is -0.890. The van der Waals surface area contributed by atoms with Crippen LogP contribution in [-0.2, 0) is 5.54 Å². The van der Waals surface area contributed by atoms with Gasteiger partial charge >= 0.3 is 0 Å². The van der Waals surface area contributed by atoms with Gasteiger partial charge in [-0.2, -0.15) is 0 Å². The Bertz CT molecular complexity index is 403. The monoisotopic (exact) mass is 219 g/mol. The van der Waals surface area contributed by atoms with E-state index >= 15 is 0 Å². The lowest BCUT2D eigenvalue weighted by Gasteiger charge is -2.25. The van der Waals surface area contributed by atoms with Gasteiger partial charge < -0.3 is 5.32 Å². The summed E-state index contributed by atoms with van der Waals surface area (Å²) in [5.41, 5.74) is 2.01. The van der Waals surface area contributed by atoms with Crippen molar-refractivity contribution in [3.8, 4) is 0 Å². The summed E-state index contributed by atoms with van der Waals surface area (Å²) in [6.07, 6.45) is 4.61. The van der Waals surface area contributed by atoms with Crippen molar-refractivity contribution in [3.05, 3.63) is 35.1 Å². The van der Waals surface area contributed by atoms with Crippen LogP contribution in [0, 0.1) is 5.82 Å². The minimum atomic E-state index is -0.0110. The molecule has 1 aromatic rings. The molecule has 0 amide bonds. The first kappa shape index (κ1) is 10.3. The second-order valence-electron chi connectivity index (χ2n) is 5.37. The molecule has 1 heterocycles. The third kappa shape index (κ3) is 1.65. The summed E-state index contributed by atoms with van der Waals surface area (Å²) in [5.74, 6) is 0.494. The number of benzene rings is 1. The van der Waals surface area contributed by atoms with Gasteiger partial charge in [0.05, 0.1) is 0 Å². The average molecular weight is 219 g/mol. The van der Waals surface area contributed by atoms with Gasteiger partial charge in [0.1, 0.15) is 5.82 Å². The fraction of sp³-hybridized carbons (Fsp3) is 0.571. The quantitative estimate of drug-likeness (QED) is 0.804. The van der Waals surface area contributed by atoms with Crippen molar-refractivity contribution < 1.29 is 4.39 Å². The number of nitrogens with one attached hydrogen (secondary N) is 1. The summed E-state index contributed by atoms with van der Waals surface area (Å²) in [4.78, 5) is 0. The summed E-state index contributed by atoms with van der Waals surface area (Å²) in [7, 11) is 0. The fourth-order valence-corrected chi connectivity index (χ4v) is 2.74. The summed E-state index contributed by atoms with van der Waals surface area (Å²) in [5, 5.41) is 3.47. The smallest absolute Gasteiger partial charge is 0.127 e. The molecule has 1 atom stereocenters. The van der Waals surface area contributed by atoms with Crippen molar-refractivity contribution >= 4 is 0 Å². The topological polar surface area (TPSA) is 12.0 Å². The Morgan fingerprint density at radius 3 is 2.75 bits per heavy atom. The van der Waals surface area contributed by atoms with Gasteiger partial charge in [0.25, 0.3) is 0 Å². The van der Waals surface area contributed by atoms with Crippen molar-refractivity contribution in [2.45, 2.75) is 44.1 Å². The van der Waals surface area contributed by atoms with E-state index in [0.29, 0.717) is 5.92 Å². The van der Waals surface area contributed by atoms with Crippen LogP contribution in [0.25, 0.3) is 0 Å². The van der Waals surface area contributed by atoms with Gasteiger partial charge in [-0.05, 0) is 62.3 Å². The number of hydrogen-bond acceptors (Lipinski definition) is 1. The van der Waals surface area contributed by atoms with Crippen LogP contribution in [0.5, 0.6) is 0 Å². The maximum atomic E-state index is 13.9. The molecule has 3 rings (SSSR count). The molecule has 0 radical (unpaired) electrons. The van der Waals surface area contributed by atoms with E-state index in [2.05, 4.69) is 18.3 Å². The van der Waals surface area contributed by atoms with Gasteiger partial charge in [-0.25, -0.2) is 4.39 Å². The van der Waals surface area contributed by atoms with Crippen LogP contribution in [0.4, 0.5) is 4.39 Å². The Balaban J connectivity index is 1.93. The minimum Gasteiger partial charge on any atom is -0.308 e. The van der Waals surface area contributed by atoms with Crippen molar-refractivity contribution in [2.75, 3.05) is 6.54 Å². The van der Waals surface area contributed by atoms with E-state index < -0.39 is 0 Å². The van der Waals surface area contributed by atoms with E-state index in [1.54, 1.807) is 6.07 Å². The number of rotatable bonds is 2. The van der Waals surface area contributed by atoms with E-state index in [9.17, 15) is 4.39 Å². The first-order chi connectivity index (χ1) is 7.69. The maximum absolute atomic E-state index is 13.9. The molecular formula is C14H18FN. The van der Waals surface area contributed by atoms with Gasteiger partial charge in [-0.3, -0.25) is 0 Å². The molecule has 86 valence electrons. The molecule has 1 N–H and O–H groups in total. The molecular weight excluding hydrogens is 201 g/mol. The molecule has 1 saturated heterocycles. The molecule has 16 heavy (non-hydrogen) atoms. The maximum Gasteiger partial charge on any atom is 0.127 e. The molecule has 2 fully saturated rings. The molecule has 1 aromatic carbocycles. The highest BCUT2D eigenvalue weighted by molar-refractivity contribution is 5.33. The molecule has 2 heteroatoms. The predicted molar refractivity (Wildman–Crippen MR) is 63.0 cm³/mol. The van der Waals surface area contributed by atoms with E-state index in [-0.39, 0.29) is 11.4 Å². The molecule has 1 aliphatic heterocycles. The van der Waals surface area contributed by atoms with Crippen molar-refractivity contribution in [1.82, 2.24) is 5.32 Å². The zero-order valence-corrected chi connectivity index (χ0v) is 9.72. The van der Waals surface area contributed by atoms with E-state index in [1.807, 2.05) is 6.07 Å². The van der Waals surface area contributed by atoms with Gasteiger partial charge in [-0.15, -0.1) is 0 Å². The zero-order valence-electron chi connectivity index (χ0n) is 9.72. The first-order valence-electron chi connectivity index (χ1n) is 6.24. The molecule has 1 nitrogen and oxygen atoms in total. The van der Waals surface area contributed by atoms with Crippen LogP contribution in [0.3, 0.4) is 0 Å². The molecule has 1 aliphatic carbocycles. The molecule has 2 aliphatic rings. The van der Waals surface area contributed by atoms with Gasteiger partial charge in [0, 0.05) is 5.54 Å². The summed E-state index contributed by atoms with van der Waals surface area (Å²) in [6.45, 7) is 3.22. The summed E-state index contributed by atoms with van der Waals surface area (Å²) >= 11 is 0. The van der Waals surface area contributed by atoms with Gasteiger partial charge in [-0.1, -0.05) is 12.1 Å². The largest absolute Gasteiger partial charge is 0.308 e. The normalized spacial score (nSPS) is 29.6. The average Bonchev–Trinajstić information content (AvgIpc) is 3.01. The number of hydrogen-bond donors (Lipinski definition) is 1. The van der Waals surface area contributed by atoms with Gasteiger partial charge in [0.2, 0.25) is 0 Å². The van der Waals surface area contributed by atoms with Crippen LogP contribution in [0.1, 0.15) is 49.7 Å². The van der Waals surface area contributed by atoms with E-state index in [4.69, 9.17) is 0 Å². The highest BCUT2D eigenvalue weighted by Crippen LogP contribution is 2.42. The van der Waals surface area contributed by atoms with E-state index in [0.717, 1.165) is 36.9 Å². The van der Waals surface area contributed by atoms with Gasteiger partial charge in [0.15, 0.2) is 0 Å². The van der Waals surface area contributed by atoms with Crippen molar-refractivity contribution in [1.29, 1.82) is 0 Å². The van der Waals surface area contributed by atoms with Crippen molar-refractivity contribution in [2.24, 2.45) is 0 Å². The summed E-state index contributed by atoms with van der Waals surface area (Å²) < 4.78 is 13.9. The van der Waals surface area contributed by atoms with Crippen molar-refractivity contribution in [3.63, 3.8) is 0 Å². The lowest BCUT2D eigenvalue weighted by atomic mass is 9.89. The predicted octanol–water partition coefficient (Wildman–Crippen LogP) is 3.30. The Morgan fingerprint density at radius 2 is 2.19 bits per heavy atom. The Kier molecular flexibility index (Phi) is 2.28. The van der Waals surface area contributed by atoms with Crippen LogP contribution >= 0.6 is 0 Å². The van der Waals surface area contributed by atoms with Crippen LogP contribution < -0.4 is 5.32 Å². The third-order valence-corrected chi connectivity index (χ3v) is 4.02. The lowest BCUT2D eigenvalue weighted by molar-refractivity contribution is 0.431. The first-order valence-corrected chi connectivity index (χ1v) is 6.24. The molecule has 0 aromatic heterocycles. The fourth-order valence-electron chi connectivity index (χ4n) is 2.74. The summed E-state index contributed by atoms with van der Waals surface area (Å²) in [6, 6.07) is 5.84. The van der Waals surface area contributed by atoms with Crippen LogP contribution in [0.15, 0.2) is 18.2 Å². The van der Waals surface area contributed by atoms with Crippen LogP contribution in [-0.4, -0.2) is 6.54 Å². The molecule has 0 bridgehead atoms. The molecule has 1 saturated carbocycles. The van der Waals surface area contributed by atoms with E-state index in [1.165, 1.54) is 6.42 Å². The zero-order chi connectivity index (χ0) is 11.2. The lowest BCUT2D eigenvalue weighted by Crippen LogP contribution is -2.33. The SMILES string of the molecule is CC1(c2ccc(C3CC3)c(F)c2)CCCN1. The standard InChI is InChI=1S/C14H18FN/c1-14(7-2-8-16-14)11-5-6-12(10-3-4-10)13(15)9-11/h5-6,9-10,16H,2-4,7-8H2,1H3. The molecule has 1 unspecified atom stereocenters. The highest BCUT2D eigenvalue weighted by Gasteiger charge is 2.32. The number of halogens is 1. The second kappa shape index (κ2) is 3.56.